The Bertz CT molecular complexity index is 1980. The standard InChI is InChI=1S/C47H70N8O11/c1-25(2)16-12-11-13-17-31-18-14-15-19-32(31)20-21-36(56)50-30(10)40(57)53-35-24-66-47(65)39(29(9)46(63)64)55-42(59)34(23-49-44(61)37(48)27(5)6)52-45(62)38(28(7)8)54-41(58)33(22-26(3)4)51-43(35)60/h11-15,17-21,25-30,33-35,37-39H,16,22-24,48H2,1-10H3,(H,49,61)(H,50,56)(H,51,60)(H,52,62)(H,53,57)(H,54,58)(H,55,59)(H,63,64)/b12-11+,17-13-,21-20+/t29-,30+,33+,34-,35+,37-,38-,39-/m0/s1. The van der Waals surface area contributed by atoms with E-state index >= 15 is 0 Å². The van der Waals surface area contributed by atoms with Crippen molar-refractivity contribution >= 4 is 65.4 Å². The summed E-state index contributed by atoms with van der Waals surface area (Å²) in [6.45, 7) is 15.4. The van der Waals surface area contributed by atoms with Crippen LogP contribution in [0.4, 0.5) is 0 Å². The van der Waals surface area contributed by atoms with E-state index in [2.05, 4.69) is 57.1 Å². The Kier molecular flexibility index (Phi) is 23.0. The van der Waals surface area contributed by atoms with Crippen molar-refractivity contribution in [1.29, 1.82) is 0 Å². The highest BCUT2D eigenvalue weighted by Crippen LogP contribution is 2.14. The number of aliphatic carboxylic acids is 1. The molecule has 0 bridgehead atoms. The summed E-state index contributed by atoms with van der Waals surface area (Å²) in [7, 11) is 0. The van der Waals surface area contributed by atoms with E-state index in [9.17, 15) is 48.3 Å². The van der Waals surface area contributed by atoms with Crippen molar-refractivity contribution in [1.82, 2.24) is 37.2 Å². The van der Waals surface area contributed by atoms with Crippen LogP contribution in [0.25, 0.3) is 12.2 Å². The molecule has 1 saturated heterocycles. The van der Waals surface area contributed by atoms with Gasteiger partial charge in [-0.2, -0.15) is 0 Å². The molecular formula is C47H70N8O11. The van der Waals surface area contributed by atoms with Gasteiger partial charge in [0.15, 0.2) is 0 Å². The van der Waals surface area contributed by atoms with Crippen molar-refractivity contribution in [3.8, 4) is 0 Å². The topological polar surface area (TPSA) is 293 Å². The average Bonchev–Trinajstić information content (AvgIpc) is 3.24. The fraction of sp³-hybridized carbons (Fsp3) is 0.553. The van der Waals surface area contributed by atoms with Crippen LogP contribution < -0.4 is 43.0 Å². The molecule has 7 amide bonds. The minimum Gasteiger partial charge on any atom is -0.481 e. The number of carbonyl (C=O) groups is 9. The van der Waals surface area contributed by atoms with E-state index < -0.39 is 121 Å². The van der Waals surface area contributed by atoms with E-state index in [1.807, 2.05) is 42.5 Å². The van der Waals surface area contributed by atoms with Crippen LogP contribution in [-0.2, 0) is 47.9 Å². The lowest BCUT2D eigenvalue weighted by molar-refractivity contribution is -0.157. The molecule has 66 heavy (non-hydrogen) atoms. The molecule has 364 valence electrons. The number of carboxylic acids is 1. The minimum atomic E-state index is -1.92. The van der Waals surface area contributed by atoms with Gasteiger partial charge in [0.2, 0.25) is 41.4 Å². The van der Waals surface area contributed by atoms with Gasteiger partial charge in [-0.15, -0.1) is 0 Å². The lowest BCUT2D eigenvalue weighted by atomic mass is 9.99. The van der Waals surface area contributed by atoms with Crippen LogP contribution >= 0.6 is 0 Å². The molecule has 2 rings (SSSR count). The first-order chi connectivity index (χ1) is 30.9. The lowest BCUT2D eigenvalue weighted by Crippen LogP contribution is -2.63. The molecule has 1 heterocycles. The highest BCUT2D eigenvalue weighted by Gasteiger charge is 2.39. The monoisotopic (exact) mass is 923 g/mol. The summed E-state index contributed by atoms with van der Waals surface area (Å²) in [5.41, 5.74) is 7.53. The second-order valence-electron chi connectivity index (χ2n) is 17.9. The summed E-state index contributed by atoms with van der Waals surface area (Å²) in [5.74, 6) is -11.1. The van der Waals surface area contributed by atoms with Crippen LogP contribution in [0.5, 0.6) is 0 Å². The van der Waals surface area contributed by atoms with Crippen molar-refractivity contribution < 1.29 is 53.0 Å². The van der Waals surface area contributed by atoms with E-state index in [-0.39, 0.29) is 18.3 Å². The number of nitrogens with two attached hydrogens (primary N) is 1. The molecule has 10 N–H and O–H groups in total. The molecule has 19 heteroatoms. The average molecular weight is 923 g/mol. The highest BCUT2D eigenvalue weighted by atomic mass is 16.5. The number of esters is 1. The third-order valence-electron chi connectivity index (χ3n) is 10.5. The quantitative estimate of drug-likeness (QED) is 0.0573. The maximum absolute atomic E-state index is 14.0. The van der Waals surface area contributed by atoms with Crippen LogP contribution in [0.3, 0.4) is 0 Å². The third-order valence-corrected chi connectivity index (χ3v) is 10.5. The number of ether oxygens (including phenoxy) is 1. The first-order valence-electron chi connectivity index (χ1n) is 22.3. The van der Waals surface area contributed by atoms with Crippen molar-refractivity contribution in [2.24, 2.45) is 35.3 Å². The molecule has 8 atom stereocenters. The van der Waals surface area contributed by atoms with Crippen molar-refractivity contribution in [2.45, 2.75) is 124 Å². The zero-order chi connectivity index (χ0) is 49.8. The van der Waals surface area contributed by atoms with E-state index in [4.69, 9.17) is 10.5 Å². The van der Waals surface area contributed by atoms with Gasteiger partial charge in [0.1, 0.15) is 42.9 Å². The fourth-order valence-corrected chi connectivity index (χ4v) is 6.27. The molecule has 1 aromatic rings. The Hall–Kier alpha value is -6.37. The summed E-state index contributed by atoms with van der Waals surface area (Å²) < 4.78 is 5.40. The molecule has 0 aliphatic carbocycles. The third kappa shape index (κ3) is 18.6. The minimum absolute atomic E-state index is 0.0440. The van der Waals surface area contributed by atoms with Crippen LogP contribution in [-0.4, -0.2) is 114 Å². The Balaban J connectivity index is 2.50. The Morgan fingerprint density at radius 1 is 0.758 bits per heavy atom. The van der Waals surface area contributed by atoms with Crippen molar-refractivity contribution in [3.63, 3.8) is 0 Å². The predicted molar refractivity (Wildman–Crippen MR) is 248 cm³/mol. The second kappa shape index (κ2) is 27.2. The van der Waals surface area contributed by atoms with Crippen molar-refractivity contribution in [3.05, 3.63) is 59.7 Å². The molecule has 0 saturated carbocycles. The number of allylic oxidation sites excluding steroid dienone is 3. The van der Waals surface area contributed by atoms with Crippen LogP contribution in [0, 0.1) is 29.6 Å². The molecule has 1 aliphatic heterocycles. The summed E-state index contributed by atoms with van der Waals surface area (Å²) >= 11 is 0. The van der Waals surface area contributed by atoms with Gasteiger partial charge in [-0.3, -0.25) is 38.4 Å². The highest BCUT2D eigenvalue weighted by molar-refractivity contribution is 5.99. The summed E-state index contributed by atoms with van der Waals surface area (Å²) in [4.78, 5) is 121. The zero-order valence-corrected chi connectivity index (χ0v) is 39.6. The van der Waals surface area contributed by atoms with Gasteiger partial charge >= 0.3 is 11.9 Å². The fourth-order valence-electron chi connectivity index (χ4n) is 6.27. The smallest absolute Gasteiger partial charge is 0.329 e. The number of rotatable bonds is 18. The molecule has 1 aromatic carbocycles. The van der Waals surface area contributed by atoms with Gasteiger partial charge < -0.3 is 52.8 Å². The van der Waals surface area contributed by atoms with Gasteiger partial charge in [0.25, 0.3) is 0 Å². The van der Waals surface area contributed by atoms with Gasteiger partial charge in [-0.25, -0.2) is 4.79 Å². The summed E-state index contributed by atoms with van der Waals surface area (Å²) in [6.07, 6.45) is 11.6. The Labute approximate surface area is 387 Å². The van der Waals surface area contributed by atoms with Crippen LogP contribution in [0.15, 0.2) is 48.6 Å². The lowest BCUT2D eigenvalue weighted by Gasteiger charge is -2.30. The molecule has 0 aromatic heterocycles. The van der Waals surface area contributed by atoms with Crippen molar-refractivity contribution in [2.75, 3.05) is 13.2 Å². The van der Waals surface area contributed by atoms with Gasteiger partial charge in [0, 0.05) is 12.6 Å². The normalized spacial score (nSPS) is 21.9. The summed E-state index contributed by atoms with van der Waals surface area (Å²) in [5, 5.41) is 27.4. The molecule has 1 fully saturated rings. The van der Waals surface area contributed by atoms with E-state index in [0.29, 0.717) is 5.92 Å². The number of nitrogens with one attached hydrogen (secondary N) is 7. The number of hydrogen-bond acceptors (Lipinski definition) is 11. The first kappa shape index (κ1) is 55.8. The zero-order valence-electron chi connectivity index (χ0n) is 39.6. The number of benzene rings is 1. The van der Waals surface area contributed by atoms with E-state index in [0.717, 1.165) is 24.5 Å². The number of cyclic esters (lactones) is 1. The maximum atomic E-state index is 14.0. The molecule has 0 radical (unpaired) electrons. The van der Waals surface area contributed by atoms with Gasteiger partial charge in [-0.05, 0) is 67.6 Å². The number of carboxylic acid groups (broad SMARTS) is 1. The first-order valence-corrected chi connectivity index (χ1v) is 22.3. The summed E-state index contributed by atoms with van der Waals surface area (Å²) in [6, 6.07) is -2.78. The van der Waals surface area contributed by atoms with Gasteiger partial charge in [-0.1, -0.05) is 104 Å². The van der Waals surface area contributed by atoms with Crippen LogP contribution in [0.2, 0.25) is 0 Å². The largest absolute Gasteiger partial charge is 0.481 e. The predicted octanol–water partition coefficient (Wildman–Crippen LogP) is 1.32. The number of carbonyl (C=O) groups excluding carboxylic acids is 8. The molecule has 0 unspecified atom stereocenters. The number of amides is 7. The molecule has 0 spiro atoms. The van der Waals surface area contributed by atoms with E-state index in [1.165, 1.54) is 13.0 Å². The molecule has 19 nitrogen and oxygen atoms in total. The molecular weight excluding hydrogens is 853 g/mol. The second-order valence-corrected chi connectivity index (χ2v) is 17.9. The number of hydrogen-bond donors (Lipinski definition) is 9. The van der Waals surface area contributed by atoms with Crippen LogP contribution in [0.1, 0.15) is 93.2 Å². The van der Waals surface area contributed by atoms with Gasteiger partial charge in [0.05, 0.1) is 12.0 Å². The Morgan fingerprint density at radius 2 is 1.35 bits per heavy atom. The maximum Gasteiger partial charge on any atom is 0.329 e. The Morgan fingerprint density at radius 3 is 1.92 bits per heavy atom. The van der Waals surface area contributed by atoms with E-state index in [1.54, 1.807) is 47.6 Å². The molecule has 1 aliphatic rings. The SMILES string of the molecule is CC(C)C/C=C/C=C\c1ccccc1/C=C/C(=O)N[C@H](C)C(=O)N[C@@H]1COC(=O)[C@H]([C@H](C)C(=O)O)NC(=O)[C@H](CNC(=O)[C@@H](N)C(C)C)NC(=O)[C@H](C(C)C)NC(=O)[C@@H](CC(C)C)NC1=O.